The first kappa shape index (κ1) is 36.7. The quantitative estimate of drug-likeness (QED) is 0.0938. The number of carbonyl (C=O) groups excluding carboxylic acids is 2. The fraction of sp³-hybridized carbons (Fsp3) is 0.758. The smallest absolute Gasteiger partial charge is 0.321 e. The maximum Gasteiger partial charge on any atom is 0.321 e. The highest BCUT2D eigenvalue weighted by Gasteiger charge is 2.16. The molecule has 0 spiro atoms. The lowest BCUT2D eigenvalue weighted by Gasteiger charge is -2.24. The van der Waals surface area contributed by atoms with E-state index in [0.29, 0.717) is 24.5 Å². The van der Waals surface area contributed by atoms with Crippen LogP contribution in [0.25, 0.3) is 0 Å². The summed E-state index contributed by atoms with van der Waals surface area (Å²) in [6.45, 7) is 7.96. The van der Waals surface area contributed by atoms with E-state index in [9.17, 15) is 19.8 Å². The molecule has 0 saturated heterocycles. The van der Waals surface area contributed by atoms with Crippen LogP contribution >= 0.6 is 0 Å². The van der Waals surface area contributed by atoms with Gasteiger partial charge in [0.2, 0.25) is 0 Å². The number of urea groups is 2. The molecule has 0 fully saturated rings. The van der Waals surface area contributed by atoms with Gasteiger partial charge < -0.3 is 30.6 Å². The Kier molecular flexibility index (Phi) is 21.8. The number of rotatable bonds is 24. The van der Waals surface area contributed by atoms with E-state index in [0.717, 1.165) is 31.2 Å². The summed E-state index contributed by atoms with van der Waals surface area (Å²) in [5, 5.41) is 24.9. The minimum atomic E-state index is -0.250. The summed E-state index contributed by atoms with van der Waals surface area (Å²) in [5.74, 6) is 0. The molecule has 1 rings (SSSR count). The summed E-state index contributed by atoms with van der Waals surface area (Å²) < 4.78 is 0. The van der Waals surface area contributed by atoms with E-state index in [4.69, 9.17) is 0 Å². The van der Waals surface area contributed by atoms with Crippen LogP contribution in [0, 0.1) is 6.92 Å². The first-order valence-corrected chi connectivity index (χ1v) is 16.4. The van der Waals surface area contributed by atoms with E-state index < -0.39 is 0 Å². The molecule has 0 bridgehead atoms. The Morgan fingerprint density at radius 3 is 1.46 bits per heavy atom. The fourth-order valence-electron chi connectivity index (χ4n) is 4.98. The van der Waals surface area contributed by atoms with Crippen molar-refractivity contribution in [1.29, 1.82) is 0 Å². The van der Waals surface area contributed by atoms with Crippen molar-refractivity contribution in [3.05, 3.63) is 23.8 Å². The highest BCUT2D eigenvalue weighted by atomic mass is 16.3. The molecular weight excluding hydrogens is 516 g/mol. The van der Waals surface area contributed by atoms with Crippen LogP contribution in [-0.4, -0.2) is 71.5 Å². The highest BCUT2D eigenvalue weighted by molar-refractivity contribution is 5.93. The Hall–Kier alpha value is -2.32. The number of aliphatic hydroxyl groups excluding tert-OH is 2. The number of carbonyl (C=O) groups is 2. The third-order valence-corrected chi connectivity index (χ3v) is 7.61. The van der Waals surface area contributed by atoms with Gasteiger partial charge in [0.05, 0.1) is 13.2 Å². The van der Waals surface area contributed by atoms with Crippen LogP contribution in [-0.2, 0) is 0 Å². The number of nitrogens with one attached hydrogen (secondary N) is 2. The molecule has 0 radical (unpaired) electrons. The SMILES string of the molecule is CCCCCCCCCCN(CCO)C(=O)Nc1ccc(C)c(NC(=O)N(CCO)CCCCCCCCCC)c1. The van der Waals surface area contributed by atoms with Crippen molar-refractivity contribution >= 4 is 23.4 Å². The molecule has 0 aliphatic heterocycles. The fourth-order valence-corrected chi connectivity index (χ4v) is 4.98. The summed E-state index contributed by atoms with van der Waals surface area (Å²) in [5.41, 5.74) is 2.11. The lowest BCUT2D eigenvalue weighted by molar-refractivity contribution is 0.187. The second kappa shape index (κ2) is 24.3. The van der Waals surface area contributed by atoms with E-state index in [1.165, 1.54) is 77.0 Å². The van der Waals surface area contributed by atoms with Crippen LogP contribution in [0.1, 0.15) is 122 Å². The second-order valence-electron chi connectivity index (χ2n) is 11.3. The minimum Gasteiger partial charge on any atom is -0.395 e. The normalized spacial score (nSPS) is 11.0. The van der Waals surface area contributed by atoms with Crippen molar-refractivity contribution in [1.82, 2.24) is 9.80 Å². The van der Waals surface area contributed by atoms with Gasteiger partial charge in [0.1, 0.15) is 0 Å². The van der Waals surface area contributed by atoms with Crippen LogP contribution in [0.3, 0.4) is 0 Å². The van der Waals surface area contributed by atoms with E-state index in [-0.39, 0.29) is 38.4 Å². The first-order chi connectivity index (χ1) is 20.0. The minimum absolute atomic E-state index is 0.0841. The van der Waals surface area contributed by atoms with E-state index in [1.54, 1.807) is 15.9 Å². The molecule has 4 amide bonds. The topological polar surface area (TPSA) is 105 Å². The molecular formula is C33H60N4O4. The number of unbranched alkanes of at least 4 members (excludes halogenated alkanes) is 14. The van der Waals surface area contributed by atoms with Gasteiger partial charge in [-0.15, -0.1) is 0 Å². The summed E-state index contributed by atoms with van der Waals surface area (Å²) in [4.78, 5) is 29.3. The Labute approximate surface area is 250 Å². The standard InChI is InChI=1S/C33H60N4O4/c1-4-6-8-10-12-14-16-18-22-36(24-26-38)32(40)34-30-21-20-29(3)31(28-30)35-33(41)37(25-27-39)23-19-17-15-13-11-9-7-5-2/h20-21,28,38-39H,4-19,22-27H2,1-3H3,(H,34,40)(H,35,41). The van der Waals surface area contributed by atoms with Crippen molar-refractivity contribution < 1.29 is 19.8 Å². The molecule has 1 aromatic rings. The number of aryl methyl sites for hydroxylation is 1. The van der Waals surface area contributed by atoms with E-state index in [1.807, 2.05) is 19.1 Å². The Bertz CT molecular complexity index is 820. The highest BCUT2D eigenvalue weighted by Crippen LogP contribution is 2.22. The van der Waals surface area contributed by atoms with Gasteiger partial charge in [0, 0.05) is 37.6 Å². The predicted octanol–water partition coefficient (Wildman–Crippen LogP) is 7.93. The van der Waals surface area contributed by atoms with Crippen molar-refractivity contribution in [3.8, 4) is 0 Å². The predicted molar refractivity (Wildman–Crippen MR) is 172 cm³/mol. The zero-order valence-electron chi connectivity index (χ0n) is 26.4. The molecule has 0 aromatic heterocycles. The van der Waals surface area contributed by atoms with E-state index in [2.05, 4.69) is 24.5 Å². The Morgan fingerprint density at radius 2 is 1.02 bits per heavy atom. The molecule has 236 valence electrons. The molecule has 0 saturated carbocycles. The maximum atomic E-state index is 13.0. The molecule has 8 heteroatoms. The zero-order valence-corrected chi connectivity index (χ0v) is 26.4. The number of anilines is 2. The molecule has 0 aliphatic rings. The third kappa shape index (κ3) is 17.3. The monoisotopic (exact) mass is 576 g/mol. The number of nitrogens with zero attached hydrogens (tertiary/aromatic N) is 2. The number of aliphatic hydroxyl groups is 2. The van der Waals surface area contributed by atoms with Crippen molar-refractivity contribution in [2.75, 3.05) is 50.0 Å². The Morgan fingerprint density at radius 1 is 0.610 bits per heavy atom. The first-order valence-electron chi connectivity index (χ1n) is 16.4. The maximum absolute atomic E-state index is 13.0. The molecule has 41 heavy (non-hydrogen) atoms. The molecule has 0 heterocycles. The number of benzene rings is 1. The van der Waals surface area contributed by atoms with Gasteiger partial charge in [0.25, 0.3) is 0 Å². The van der Waals surface area contributed by atoms with Crippen LogP contribution < -0.4 is 10.6 Å². The second-order valence-corrected chi connectivity index (χ2v) is 11.3. The van der Waals surface area contributed by atoms with Gasteiger partial charge in [-0.1, -0.05) is 110 Å². The van der Waals surface area contributed by atoms with Crippen molar-refractivity contribution in [2.45, 2.75) is 124 Å². The number of amides is 4. The summed E-state index contributed by atoms with van der Waals surface area (Å²) in [6.07, 6.45) is 19.0. The van der Waals surface area contributed by atoms with Gasteiger partial charge in [-0.05, 0) is 37.5 Å². The summed E-state index contributed by atoms with van der Waals surface area (Å²) in [6, 6.07) is 4.97. The lowest BCUT2D eigenvalue weighted by Crippen LogP contribution is -2.38. The molecule has 4 N–H and O–H groups in total. The van der Waals surface area contributed by atoms with Crippen LogP contribution in [0.5, 0.6) is 0 Å². The molecule has 0 unspecified atom stereocenters. The van der Waals surface area contributed by atoms with Gasteiger partial charge in [0.15, 0.2) is 0 Å². The average Bonchev–Trinajstić information content (AvgIpc) is 2.96. The Balaban J connectivity index is 2.59. The van der Waals surface area contributed by atoms with Crippen LogP contribution in [0.15, 0.2) is 18.2 Å². The summed E-state index contributed by atoms with van der Waals surface area (Å²) in [7, 11) is 0. The van der Waals surface area contributed by atoms with Gasteiger partial charge in [-0.2, -0.15) is 0 Å². The van der Waals surface area contributed by atoms with Gasteiger partial charge >= 0.3 is 12.1 Å². The van der Waals surface area contributed by atoms with Crippen molar-refractivity contribution in [3.63, 3.8) is 0 Å². The molecule has 8 nitrogen and oxygen atoms in total. The lowest BCUT2D eigenvalue weighted by atomic mass is 10.1. The molecule has 0 aliphatic carbocycles. The molecule has 0 atom stereocenters. The summed E-state index contributed by atoms with van der Waals surface area (Å²) >= 11 is 0. The third-order valence-electron chi connectivity index (χ3n) is 7.61. The van der Waals surface area contributed by atoms with Gasteiger partial charge in [-0.3, -0.25) is 0 Å². The zero-order chi connectivity index (χ0) is 30.1. The van der Waals surface area contributed by atoms with Crippen LogP contribution in [0.4, 0.5) is 21.0 Å². The number of hydrogen-bond donors (Lipinski definition) is 4. The average molecular weight is 577 g/mol. The van der Waals surface area contributed by atoms with E-state index >= 15 is 0 Å². The number of hydrogen-bond acceptors (Lipinski definition) is 4. The van der Waals surface area contributed by atoms with Gasteiger partial charge in [-0.25, -0.2) is 9.59 Å². The van der Waals surface area contributed by atoms with Crippen molar-refractivity contribution in [2.24, 2.45) is 0 Å². The van der Waals surface area contributed by atoms with Crippen LogP contribution in [0.2, 0.25) is 0 Å². The largest absolute Gasteiger partial charge is 0.395 e. The molecule has 1 aromatic carbocycles.